The van der Waals surface area contributed by atoms with E-state index >= 15 is 0 Å². The van der Waals surface area contributed by atoms with Crippen LogP contribution >= 0.6 is 25.0 Å². The molecule has 0 aliphatic carbocycles. The van der Waals surface area contributed by atoms with E-state index < -0.39 is 15.5 Å². The first-order valence-corrected chi connectivity index (χ1v) is 12.4. The molecule has 3 aromatic rings. The van der Waals surface area contributed by atoms with Gasteiger partial charge in [0.1, 0.15) is 21.2 Å². The van der Waals surface area contributed by atoms with Crippen molar-refractivity contribution in [3.8, 4) is 0 Å². The van der Waals surface area contributed by atoms with Gasteiger partial charge in [-0.25, -0.2) is 0 Å². The van der Waals surface area contributed by atoms with E-state index in [0.717, 1.165) is 15.9 Å². The average Bonchev–Trinajstić information content (AvgIpc) is 2.65. The van der Waals surface area contributed by atoms with Crippen LogP contribution in [-0.2, 0) is 22.7 Å². The van der Waals surface area contributed by atoms with Crippen molar-refractivity contribution in [3.05, 3.63) is 92.4 Å². The van der Waals surface area contributed by atoms with Crippen molar-refractivity contribution in [2.75, 3.05) is 0 Å². The third-order valence-electron chi connectivity index (χ3n) is 3.61. The van der Waals surface area contributed by atoms with Crippen molar-refractivity contribution in [1.82, 2.24) is 0 Å². The summed E-state index contributed by atoms with van der Waals surface area (Å²) in [6, 6.07) is 26.7. The zero-order valence-electron chi connectivity index (χ0n) is 14.0. The average molecular weight is 500 g/mol. The quantitative estimate of drug-likeness (QED) is 0.329. The number of hydrogen-bond donors (Lipinski definition) is 2. The summed E-state index contributed by atoms with van der Waals surface area (Å²) < 4.78 is 11.9. The maximum absolute atomic E-state index is 11.9. The van der Waals surface area contributed by atoms with Crippen molar-refractivity contribution in [2.45, 2.75) is 0 Å². The molecule has 3 rings (SSSR count). The fourth-order valence-corrected chi connectivity index (χ4v) is 6.68. The summed E-state index contributed by atoms with van der Waals surface area (Å²) in [5.41, 5.74) is 0. The second-order valence-electron chi connectivity index (χ2n) is 5.17. The first-order valence-electron chi connectivity index (χ1n) is 7.32. The van der Waals surface area contributed by atoms with E-state index in [-0.39, 0.29) is 12.7 Å². The molecule has 0 bridgehead atoms. The Hall–Kier alpha value is -0.808. The van der Waals surface area contributed by atoms with Gasteiger partial charge in [-0.2, -0.15) is 0 Å². The topological polar surface area (TPSA) is 57.5 Å². The molecule has 0 aliphatic rings. The predicted octanol–water partition coefficient (Wildman–Crippen LogP) is 3.12. The Bertz CT molecular complexity index is 802. The van der Waals surface area contributed by atoms with Gasteiger partial charge >= 0.3 is 35.3 Å². The molecule has 0 amide bonds. The number of rotatable bonds is 4. The molecule has 0 saturated heterocycles. The summed E-state index contributed by atoms with van der Waals surface area (Å²) in [6.07, 6.45) is 0. The van der Waals surface area contributed by atoms with Crippen LogP contribution in [0.1, 0.15) is 0 Å². The number of benzene rings is 3. The van der Waals surface area contributed by atoms with Gasteiger partial charge in [-0.3, -0.25) is 4.57 Å². The van der Waals surface area contributed by atoms with E-state index in [4.69, 9.17) is 0 Å². The molecule has 0 aromatic heterocycles. The molecule has 7 heteroatoms. The Labute approximate surface area is 170 Å². The second-order valence-corrected chi connectivity index (χ2v) is 9.18. The Morgan fingerprint density at radius 2 is 1.12 bits per heavy atom. The van der Waals surface area contributed by atoms with Gasteiger partial charge in [-0.05, 0) is 36.4 Å². The molecular formula is C19H20ClO3P2Pd+. The SMILES string of the molecule is O=P(O)(O)c1ccccc1[PH+](c1ccccc1)c1ccccc1.[CH3-].[Cl][Pd+]. The van der Waals surface area contributed by atoms with Crippen LogP contribution < -0.4 is 21.2 Å². The molecule has 0 atom stereocenters. The van der Waals surface area contributed by atoms with Crippen molar-refractivity contribution < 1.29 is 32.5 Å². The third-order valence-corrected chi connectivity index (χ3v) is 7.64. The van der Waals surface area contributed by atoms with Crippen LogP contribution in [0.3, 0.4) is 0 Å². The van der Waals surface area contributed by atoms with Gasteiger partial charge in [0.2, 0.25) is 0 Å². The minimum atomic E-state index is -4.32. The van der Waals surface area contributed by atoms with Crippen LogP contribution in [0.15, 0.2) is 84.9 Å². The van der Waals surface area contributed by atoms with Crippen LogP contribution in [0, 0.1) is 7.43 Å². The van der Waals surface area contributed by atoms with Gasteiger partial charge in [0.25, 0.3) is 0 Å². The maximum atomic E-state index is 11.9. The van der Waals surface area contributed by atoms with Gasteiger partial charge < -0.3 is 17.2 Å². The van der Waals surface area contributed by atoms with Gasteiger partial charge in [0.15, 0.2) is 0 Å². The Morgan fingerprint density at radius 3 is 1.54 bits per heavy atom. The van der Waals surface area contributed by atoms with Gasteiger partial charge in [-0.15, -0.1) is 0 Å². The molecule has 140 valence electrons. The van der Waals surface area contributed by atoms with Crippen LogP contribution in [0.25, 0.3) is 0 Å². The van der Waals surface area contributed by atoms with Crippen molar-refractivity contribution in [2.24, 2.45) is 0 Å². The fraction of sp³-hybridized carbons (Fsp3) is 0. The van der Waals surface area contributed by atoms with E-state index in [9.17, 15) is 14.4 Å². The predicted molar refractivity (Wildman–Crippen MR) is 110 cm³/mol. The molecule has 26 heavy (non-hydrogen) atoms. The van der Waals surface area contributed by atoms with E-state index in [1.165, 1.54) is 6.07 Å². The summed E-state index contributed by atoms with van der Waals surface area (Å²) in [7, 11) is -1.32. The normalized spacial score (nSPS) is 10.5. The zero-order chi connectivity index (χ0) is 18.3. The van der Waals surface area contributed by atoms with Crippen molar-refractivity contribution in [1.29, 1.82) is 0 Å². The van der Waals surface area contributed by atoms with E-state index in [1.807, 2.05) is 72.8 Å². The molecule has 3 aromatic carbocycles. The first-order chi connectivity index (χ1) is 12.1. The summed E-state index contributed by atoms with van der Waals surface area (Å²) in [5.74, 6) is 0. The molecule has 0 heterocycles. The number of halogens is 1. The third kappa shape index (κ3) is 5.85. The van der Waals surface area contributed by atoms with Gasteiger partial charge in [-0.1, -0.05) is 48.5 Å². The van der Waals surface area contributed by atoms with Crippen LogP contribution in [0.4, 0.5) is 0 Å². The van der Waals surface area contributed by atoms with E-state index in [0.29, 0.717) is 0 Å². The Kier molecular flexibility index (Phi) is 9.95. The first kappa shape index (κ1) is 23.2. The molecule has 3 nitrogen and oxygen atoms in total. The van der Waals surface area contributed by atoms with E-state index in [1.54, 1.807) is 6.07 Å². The Balaban J connectivity index is 0.00000109. The van der Waals surface area contributed by atoms with Crippen LogP contribution in [0.2, 0.25) is 0 Å². The molecule has 0 unspecified atom stereocenters. The minimum absolute atomic E-state index is 0. The summed E-state index contributed by atoms with van der Waals surface area (Å²) in [4.78, 5) is 19.5. The van der Waals surface area contributed by atoms with Gasteiger partial charge in [0.05, 0.1) is 7.92 Å². The Morgan fingerprint density at radius 1 is 0.731 bits per heavy atom. The molecule has 2 N–H and O–H groups in total. The molecule has 0 fully saturated rings. The van der Waals surface area contributed by atoms with Crippen molar-refractivity contribution >= 4 is 46.3 Å². The molecule has 0 spiro atoms. The van der Waals surface area contributed by atoms with Crippen LogP contribution in [0.5, 0.6) is 0 Å². The zero-order valence-corrected chi connectivity index (χ0v) is 18.2. The van der Waals surface area contributed by atoms with Crippen LogP contribution in [-0.4, -0.2) is 9.79 Å². The molecule has 0 aliphatic heterocycles. The monoisotopic (exact) mass is 499 g/mol. The summed E-state index contributed by atoms with van der Waals surface area (Å²) in [6.45, 7) is 0. The molecule has 0 radical (unpaired) electrons. The number of hydrogen-bond acceptors (Lipinski definition) is 1. The fourth-order valence-electron chi connectivity index (χ4n) is 2.63. The molecule has 0 saturated carbocycles. The van der Waals surface area contributed by atoms with Crippen molar-refractivity contribution in [3.63, 3.8) is 0 Å². The van der Waals surface area contributed by atoms with Gasteiger partial charge in [0, 0.05) is 0 Å². The summed E-state index contributed by atoms with van der Waals surface area (Å²) >= 11 is 2.22. The standard InChI is InChI=1S/C18H16O3P2.CH3.ClH.Pd/c19-23(20,21)18-14-8-7-13-17(18)22(15-9-3-1-4-10-15)16-11-5-2-6-12-16;;;/h1-14H,(H2,19,20,21);1H3;1H;/q;-1;;+2. The molecular weight excluding hydrogens is 480 g/mol. The second kappa shape index (κ2) is 11.1. The summed E-state index contributed by atoms with van der Waals surface area (Å²) in [5, 5.41) is 3.07. The van der Waals surface area contributed by atoms with E-state index in [2.05, 4.69) is 27.7 Å².